The van der Waals surface area contributed by atoms with Crippen molar-refractivity contribution in [3.05, 3.63) is 22.8 Å². The Labute approximate surface area is 116 Å². The van der Waals surface area contributed by atoms with Crippen LogP contribution in [-0.2, 0) is 0 Å². The highest BCUT2D eigenvalue weighted by Gasteiger charge is 2.29. The normalized spacial score (nSPS) is 20.4. The first-order valence-electron chi connectivity index (χ1n) is 6.13. The van der Waals surface area contributed by atoms with Crippen molar-refractivity contribution in [2.24, 2.45) is 11.8 Å². The van der Waals surface area contributed by atoms with Crippen molar-refractivity contribution in [1.29, 1.82) is 0 Å². The number of nitrogens with two attached hydrogens (primary N) is 1. The minimum atomic E-state index is -0.403. The molecule has 1 saturated heterocycles. The van der Waals surface area contributed by atoms with Gasteiger partial charge in [-0.25, -0.2) is 10.8 Å². The Morgan fingerprint density at radius 1 is 1.68 bits per heavy atom. The number of halogens is 1. The number of nitrogens with zero attached hydrogens (tertiary/aromatic N) is 2. The molecule has 0 saturated carbocycles. The van der Waals surface area contributed by atoms with Crippen LogP contribution >= 0.6 is 11.6 Å². The average molecular weight is 285 g/mol. The van der Waals surface area contributed by atoms with Gasteiger partial charge in [0.15, 0.2) is 0 Å². The molecule has 1 aromatic rings. The number of pyridine rings is 1. The van der Waals surface area contributed by atoms with E-state index in [9.17, 15) is 9.90 Å². The third-order valence-electron chi connectivity index (χ3n) is 3.38. The lowest BCUT2D eigenvalue weighted by atomic mass is 10.0. The van der Waals surface area contributed by atoms with Gasteiger partial charge in [0, 0.05) is 24.6 Å². The Kier molecular flexibility index (Phi) is 4.24. The standard InChI is InChI=1S/C12H17ClN4O2/c1-7(18)8-2-3-17(6-8)12(19)9-4-10(13)15-11(5-9)16-14/h4-5,7-8,18H,2-3,6,14H2,1H3,(H,15,16). The molecule has 1 amide bonds. The SMILES string of the molecule is CC(O)C1CCN(C(=O)c2cc(Cl)nc(NN)c2)C1. The van der Waals surface area contributed by atoms with Crippen LogP contribution in [0.4, 0.5) is 5.82 Å². The van der Waals surface area contributed by atoms with Crippen LogP contribution in [0.25, 0.3) is 0 Å². The third kappa shape index (κ3) is 3.15. The zero-order chi connectivity index (χ0) is 14.0. The summed E-state index contributed by atoms with van der Waals surface area (Å²) < 4.78 is 0. The number of hydrazine groups is 1. The van der Waals surface area contributed by atoms with Crippen LogP contribution in [0.5, 0.6) is 0 Å². The van der Waals surface area contributed by atoms with Gasteiger partial charge in [0.25, 0.3) is 5.91 Å². The highest BCUT2D eigenvalue weighted by Crippen LogP contribution is 2.23. The number of aliphatic hydroxyl groups is 1. The molecule has 2 rings (SSSR count). The molecule has 0 spiro atoms. The molecule has 1 aliphatic rings. The number of anilines is 1. The van der Waals surface area contributed by atoms with E-state index in [1.807, 2.05) is 0 Å². The maximum Gasteiger partial charge on any atom is 0.254 e. The second-order valence-electron chi connectivity index (χ2n) is 4.75. The molecule has 0 radical (unpaired) electrons. The van der Waals surface area contributed by atoms with Crippen molar-refractivity contribution in [2.45, 2.75) is 19.4 Å². The fourth-order valence-corrected chi connectivity index (χ4v) is 2.45. The van der Waals surface area contributed by atoms with Gasteiger partial charge in [0.1, 0.15) is 11.0 Å². The number of nitrogens with one attached hydrogen (secondary N) is 1. The number of hydrogen-bond acceptors (Lipinski definition) is 5. The van der Waals surface area contributed by atoms with Gasteiger partial charge in [-0.2, -0.15) is 0 Å². The smallest absolute Gasteiger partial charge is 0.254 e. The molecule has 0 aromatic carbocycles. The van der Waals surface area contributed by atoms with E-state index in [2.05, 4.69) is 10.4 Å². The van der Waals surface area contributed by atoms with E-state index in [-0.39, 0.29) is 17.0 Å². The van der Waals surface area contributed by atoms with Crippen molar-refractivity contribution in [3.8, 4) is 0 Å². The Hall–Kier alpha value is -1.37. The van der Waals surface area contributed by atoms with Gasteiger partial charge < -0.3 is 15.4 Å². The van der Waals surface area contributed by atoms with Crippen LogP contribution in [0.15, 0.2) is 12.1 Å². The average Bonchev–Trinajstić information content (AvgIpc) is 2.86. The molecule has 0 aliphatic carbocycles. The Balaban J connectivity index is 2.14. The molecule has 6 nitrogen and oxygen atoms in total. The van der Waals surface area contributed by atoms with Crippen LogP contribution < -0.4 is 11.3 Å². The highest BCUT2D eigenvalue weighted by atomic mass is 35.5. The van der Waals surface area contributed by atoms with Crippen LogP contribution in [0.2, 0.25) is 5.15 Å². The fraction of sp³-hybridized carbons (Fsp3) is 0.500. The van der Waals surface area contributed by atoms with E-state index in [1.165, 1.54) is 6.07 Å². The Bertz CT molecular complexity index is 481. The summed E-state index contributed by atoms with van der Waals surface area (Å²) in [5.74, 6) is 5.63. The van der Waals surface area contributed by atoms with E-state index >= 15 is 0 Å². The van der Waals surface area contributed by atoms with Crippen LogP contribution in [0.3, 0.4) is 0 Å². The van der Waals surface area contributed by atoms with E-state index < -0.39 is 6.10 Å². The van der Waals surface area contributed by atoms with Crippen LogP contribution in [-0.4, -0.2) is 40.1 Å². The first-order chi connectivity index (χ1) is 9.01. The molecule has 19 heavy (non-hydrogen) atoms. The van der Waals surface area contributed by atoms with E-state index in [0.29, 0.717) is 24.5 Å². The second-order valence-corrected chi connectivity index (χ2v) is 5.14. The summed E-state index contributed by atoms with van der Waals surface area (Å²) in [6.07, 6.45) is 0.407. The predicted molar refractivity (Wildman–Crippen MR) is 72.7 cm³/mol. The van der Waals surface area contributed by atoms with Crippen molar-refractivity contribution >= 4 is 23.3 Å². The zero-order valence-electron chi connectivity index (χ0n) is 10.6. The van der Waals surface area contributed by atoms with E-state index in [1.54, 1.807) is 17.9 Å². The number of hydrogen-bond donors (Lipinski definition) is 3. The topological polar surface area (TPSA) is 91.5 Å². The lowest BCUT2D eigenvalue weighted by Crippen LogP contribution is -2.30. The quantitative estimate of drug-likeness (QED) is 0.435. The van der Waals surface area contributed by atoms with Crippen LogP contribution in [0.1, 0.15) is 23.7 Å². The number of nitrogen functional groups attached to an aromatic ring is 1. The minimum absolute atomic E-state index is 0.121. The first kappa shape index (κ1) is 14.0. The monoisotopic (exact) mass is 284 g/mol. The van der Waals surface area contributed by atoms with Crippen molar-refractivity contribution in [2.75, 3.05) is 18.5 Å². The molecule has 2 unspecified atom stereocenters. The molecule has 1 aliphatic heterocycles. The molecule has 4 N–H and O–H groups in total. The van der Waals surface area contributed by atoms with Gasteiger partial charge in [-0.1, -0.05) is 11.6 Å². The Morgan fingerprint density at radius 3 is 3.00 bits per heavy atom. The number of aromatic nitrogens is 1. The summed E-state index contributed by atoms with van der Waals surface area (Å²) in [5, 5.41) is 9.77. The van der Waals surface area contributed by atoms with E-state index in [0.717, 1.165) is 6.42 Å². The summed E-state index contributed by atoms with van der Waals surface area (Å²) in [7, 11) is 0. The largest absolute Gasteiger partial charge is 0.393 e. The molecule has 7 heteroatoms. The Morgan fingerprint density at radius 2 is 2.42 bits per heavy atom. The predicted octanol–water partition coefficient (Wildman–Crippen LogP) is 0.864. The summed E-state index contributed by atoms with van der Waals surface area (Å²) in [4.78, 5) is 18.0. The number of amides is 1. The van der Waals surface area contributed by atoms with Crippen LogP contribution in [0, 0.1) is 5.92 Å². The maximum atomic E-state index is 12.3. The lowest BCUT2D eigenvalue weighted by molar-refractivity contribution is 0.0762. The van der Waals surface area contributed by atoms with E-state index in [4.69, 9.17) is 17.4 Å². The summed E-state index contributed by atoms with van der Waals surface area (Å²) in [6.45, 7) is 2.94. The molecule has 1 aromatic heterocycles. The first-order valence-corrected chi connectivity index (χ1v) is 6.50. The zero-order valence-corrected chi connectivity index (χ0v) is 11.4. The number of aliphatic hydroxyl groups excluding tert-OH is 1. The van der Waals surface area contributed by atoms with Gasteiger partial charge in [-0.15, -0.1) is 0 Å². The lowest BCUT2D eigenvalue weighted by Gasteiger charge is -2.18. The highest BCUT2D eigenvalue weighted by molar-refractivity contribution is 6.29. The van der Waals surface area contributed by atoms with Gasteiger partial charge in [-0.05, 0) is 25.5 Å². The second kappa shape index (κ2) is 5.73. The van der Waals surface area contributed by atoms with Gasteiger partial charge in [0.2, 0.25) is 0 Å². The molecule has 2 heterocycles. The summed E-state index contributed by atoms with van der Waals surface area (Å²) in [6, 6.07) is 3.07. The molecule has 0 bridgehead atoms. The molecule has 1 fully saturated rings. The summed E-state index contributed by atoms with van der Waals surface area (Å²) in [5.41, 5.74) is 2.82. The number of carbonyl (C=O) groups is 1. The molecule has 2 atom stereocenters. The molecule has 104 valence electrons. The molecular weight excluding hydrogens is 268 g/mol. The minimum Gasteiger partial charge on any atom is -0.393 e. The number of likely N-dealkylation sites (tertiary alicyclic amines) is 1. The van der Waals surface area contributed by atoms with Crippen molar-refractivity contribution in [3.63, 3.8) is 0 Å². The fourth-order valence-electron chi connectivity index (χ4n) is 2.24. The van der Waals surface area contributed by atoms with Gasteiger partial charge in [0.05, 0.1) is 6.10 Å². The number of carbonyl (C=O) groups excluding carboxylic acids is 1. The molecular formula is C12H17ClN4O2. The third-order valence-corrected chi connectivity index (χ3v) is 3.58. The van der Waals surface area contributed by atoms with Crippen molar-refractivity contribution < 1.29 is 9.90 Å². The van der Waals surface area contributed by atoms with Crippen molar-refractivity contribution in [1.82, 2.24) is 9.88 Å². The maximum absolute atomic E-state index is 12.3. The summed E-state index contributed by atoms with van der Waals surface area (Å²) >= 11 is 5.84. The van der Waals surface area contributed by atoms with Gasteiger partial charge >= 0.3 is 0 Å². The van der Waals surface area contributed by atoms with Gasteiger partial charge in [-0.3, -0.25) is 4.79 Å². The number of rotatable bonds is 3.